The predicted octanol–water partition coefficient (Wildman–Crippen LogP) is 7.23. The number of aryl methyl sites for hydroxylation is 1. The quantitative estimate of drug-likeness (QED) is 0.385. The lowest BCUT2D eigenvalue weighted by Gasteiger charge is -2.21. The maximum Gasteiger partial charge on any atom is 0.390 e. The average molecular weight is 379 g/mol. The predicted molar refractivity (Wildman–Crippen MR) is 107 cm³/mol. The van der Waals surface area contributed by atoms with Crippen LogP contribution in [0.3, 0.4) is 0 Å². The van der Waals surface area contributed by atoms with E-state index in [2.05, 4.69) is 4.98 Å². The summed E-state index contributed by atoms with van der Waals surface area (Å²) in [4.78, 5) is 3.39. The van der Waals surface area contributed by atoms with Crippen molar-refractivity contribution >= 4 is 10.9 Å². The Morgan fingerprint density at radius 1 is 0.857 bits per heavy atom. The lowest BCUT2D eigenvalue weighted by molar-refractivity contribution is -0.136. The van der Waals surface area contributed by atoms with Gasteiger partial charge in [0.1, 0.15) is 0 Å². The van der Waals surface area contributed by atoms with Gasteiger partial charge in [0, 0.05) is 16.8 Å². The SMILES string of the molecule is Cc1ccc2c(C(CC(F)(F)F)c3ccccc3)c(-c3ccccc3)[nH]c2c1. The largest absolute Gasteiger partial charge is 0.390 e. The average Bonchev–Trinajstić information content (AvgIpc) is 3.05. The van der Waals surface area contributed by atoms with Gasteiger partial charge in [0.05, 0.1) is 12.1 Å². The van der Waals surface area contributed by atoms with Crippen LogP contribution in [-0.2, 0) is 0 Å². The van der Waals surface area contributed by atoms with Gasteiger partial charge >= 0.3 is 6.18 Å². The summed E-state index contributed by atoms with van der Waals surface area (Å²) in [5.74, 6) is -0.784. The first-order valence-electron chi connectivity index (χ1n) is 9.22. The highest BCUT2D eigenvalue weighted by Crippen LogP contribution is 2.43. The lowest BCUT2D eigenvalue weighted by Crippen LogP contribution is -2.15. The van der Waals surface area contributed by atoms with E-state index in [1.807, 2.05) is 61.5 Å². The molecule has 3 aromatic carbocycles. The Balaban J connectivity index is 2.00. The second-order valence-corrected chi connectivity index (χ2v) is 7.11. The summed E-state index contributed by atoms with van der Waals surface area (Å²) < 4.78 is 40.7. The van der Waals surface area contributed by atoms with Gasteiger partial charge in [-0.3, -0.25) is 0 Å². The summed E-state index contributed by atoms with van der Waals surface area (Å²) >= 11 is 0. The van der Waals surface area contributed by atoms with Crippen molar-refractivity contribution in [2.75, 3.05) is 0 Å². The van der Waals surface area contributed by atoms with Crippen molar-refractivity contribution in [3.8, 4) is 11.3 Å². The van der Waals surface area contributed by atoms with Crippen LogP contribution in [0.15, 0.2) is 78.9 Å². The molecule has 142 valence electrons. The molecule has 0 spiro atoms. The summed E-state index contributed by atoms with van der Waals surface area (Å²) in [6.07, 6.45) is -5.18. The van der Waals surface area contributed by atoms with Gasteiger partial charge in [-0.1, -0.05) is 72.8 Å². The van der Waals surface area contributed by atoms with Crippen LogP contribution in [-0.4, -0.2) is 11.2 Å². The topological polar surface area (TPSA) is 15.8 Å². The van der Waals surface area contributed by atoms with Gasteiger partial charge in [-0.05, 0) is 35.2 Å². The normalized spacial score (nSPS) is 13.0. The number of aromatic amines is 1. The smallest absolute Gasteiger partial charge is 0.354 e. The summed E-state index contributed by atoms with van der Waals surface area (Å²) in [6.45, 7) is 1.98. The molecule has 1 heterocycles. The summed E-state index contributed by atoms with van der Waals surface area (Å²) in [5.41, 5.74) is 4.92. The summed E-state index contributed by atoms with van der Waals surface area (Å²) in [7, 11) is 0. The van der Waals surface area contributed by atoms with E-state index in [9.17, 15) is 13.2 Å². The molecule has 0 saturated heterocycles. The van der Waals surface area contributed by atoms with E-state index >= 15 is 0 Å². The van der Waals surface area contributed by atoms with Crippen LogP contribution in [0.5, 0.6) is 0 Å². The molecule has 1 nitrogen and oxygen atoms in total. The molecule has 0 bridgehead atoms. The zero-order valence-electron chi connectivity index (χ0n) is 15.4. The lowest BCUT2D eigenvalue weighted by atomic mass is 9.85. The number of halogens is 3. The van der Waals surface area contributed by atoms with Crippen LogP contribution < -0.4 is 0 Å². The third kappa shape index (κ3) is 3.68. The van der Waals surface area contributed by atoms with Crippen LogP contribution in [0.2, 0.25) is 0 Å². The van der Waals surface area contributed by atoms with Crippen molar-refractivity contribution in [3.63, 3.8) is 0 Å². The third-order valence-corrected chi connectivity index (χ3v) is 5.04. The van der Waals surface area contributed by atoms with Crippen LogP contribution in [0.25, 0.3) is 22.2 Å². The number of alkyl halides is 3. The van der Waals surface area contributed by atoms with Crippen molar-refractivity contribution in [3.05, 3.63) is 95.6 Å². The summed E-state index contributed by atoms with van der Waals surface area (Å²) in [5, 5.41) is 0.836. The van der Waals surface area contributed by atoms with Gasteiger partial charge in [0.15, 0.2) is 0 Å². The highest BCUT2D eigenvalue weighted by molar-refractivity contribution is 5.92. The highest BCUT2D eigenvalue weighted by atomic mass is 19.4. The molecule has 0 amide bonds. The number of H-pyrrole nitrogens is 1. The molecule has 0 saturated carbocycles. The van der Waals surface area contributed by atoms with Crippen molar-refractivity contribution in [2.45, 2.75) is 25.4 Å². The van der Waals surface area contributed by atoms with Crippen LogP contribution in [0.4, 0.5) is 13.2 Å². The Kier molecular flexibility index (Phi) is 4.71. The second-order valence-electron chi connectivity index (χ2n) is 7.11. The molecule has 0 aliphatic heterocycles. The van der Waals surface area contributed by atoms with E-state index in [0.29, 0.717) is 11.1 Å². The molecule has 1 atom stereocenters. The monoisotopic (exact) mass is 379 g/mol. The first-order valence-corrected chi connectivity index (χ1v) is 9.22. The molecule has 1 N–H and O–H groups in total. The van der Waals surface area contributed by atoms with Gasteiger partial charge < -0.3 is 4.98 Å². The van der Waals surface area contributed by atoms with Crippen LogP contribution in [0.1, 0.15) is 29.0 Å². The maximum atomic E-state index is 13.6. The number of fused-ring (bicyclic) bond motifs is 1. The maximum absolute atomic E-state index is 13.6. The van der Waals surface area contributed by atoms with Gasteiger partial charge in [-0.25, -0.2) is 0 Å². The number of aromatic nitrogens is 1. The Labute approximate surface area is 161 Å². The van der Waals surface area contributed by atoms with Crippen LogP contribution >= 0.6 is 0 Å². The standard InChI is InChI=1S/C24H20F3N/c1-16-12-13-19-21(14-16)28-23(18-10-6-3-7-11-18)22(19)20(15-24(25,26)27)17-8-4-2-5-9-17/h2-14,20,28H,15H2,1H3. The fourth-order valence-corrected chi connectivity index (χ4v) is 3.83. The molecule has 0 fully saturated rings. The number of nitrogens with one attached hydrogen (secondary N) is 1. The van der Waals surface area contributed by atoms with Crippen molar-refractivity contribution in [1.82, 2.24) is 4.98 Å². The molecule has 0 radical (unpaired) electrons. The zero-order valence-corrected chi connectivity index (χ0v) is 15.4. The van der Waals surface area contributed by atoms with E-state index in [1.54, 1.807) is 24.3 Å². The molecule has 0 aliphatic rings. The minimum Gasteiger partial charge on any atom is -0.354 e. The summed E-state index contributed by atoms with van der Waals surface area (Å²) in [6, 6.07) is 24.4. The number of benzene rings is 3. The van der Waals surface area contributed by atoms with Crippen LogP contribution in [0, 0.1) is 6.92 Å². The van der Waals surface area contributed by atoms with Crippen molar-refractivity contribution in [2.24, 2.45) is 0 Å². The Morgan fingerprint density at radius 3 is 2.14 bits per heavy atom. The molecule has 4 aromatic rings. The van der Waals surface area contributed by atoms with E-state index in [0.717, 1.165) is 27.7 Å². The molecule has 1 aromatic heterocycles. The Hall–Kier alpha value is -3.01. The van der Waals surface area contributed by atoms with Gasteiger partial charge in [-0.15, -0.1) is 0 Å². The molecule has 4 heteroatoms. The molecular weight excluding hydrogens is 359 g/mol. The highest BCUT2D eigenvalue weighted by Gasteiger charge is 2.35. The number of hydrogen-bond donors (Lipinski definition) is 1. The fraction of sp³-hybridized carbons (Fsp3) is 0.167. The molecule has 28 heavy (non-hydrogen) atoms. The van der Waals surface area contributed by atoms with E-state index < -0.39 is 18.5 Å². The van der Waals surface area contributed by atoms with Crippen molar-refractivity contribution < 1.29 is 13.2 Å². The first kappa shape index (κ1) is 18.4. The molecule has 1 unspecified atom stereocenters. The van der Waals surface area contributed by atoms with Gasteiger partial charge in [0.25, 0.3) is 0 Å². The minimum atomic E-state index is -4.28. The van der Waals surface area contributed by atoms with E-state index in [-0.39, 0.29) is 0 Å². The second kappa shape index (κ2) is 7.19. The van der Waals surface area contributed by atoms with Crippen molar-refractivity contribution in [1.29, 1.82) is 0 Å². The molecular formula is C24H20F3N. The fourth-order valence-electron chi connectivity index (χ4n) is 3.83. The minimum absolute atomic E-state index is 0.665. The van der Waals surface area contributed by atoms with E-state index in [1.165, 1.54) is 0 Å². The van der Waals surface area contributed by atoms with E-state index in [4.69, 9.17) is 0 Å². The number of rotatable bonds is 4. The zero-order chi connectivity index (χ0) is 19.7. The molecule has 0 aliphatic carbocycles. The van der Waals surface area contributed by atoms with Gasteiger partial charge in [0.2, 0.25) is 0 Å². The number of hydrogen-bond acceptors (Lipinski definition) is 0. The first-order chi connectivity index (χ1) is 13.4. The Morgan fingerprint density at radius 2 is 1.50 bits per heavy atom. The molecule has 4 rings (SSSR count). The van der Waals surface area contributed by atoms with Gasteiger partial charge in [-0.2, -0.15) is 13.2 Å². The third-order valence-electron chi connectivity index (χ3n) is 5.04. The Bertz CT molecular complexity index is 1080.